The lowest BCUT2D eigenvalue weighted by atomic mass is 9.61. The molecule has 1 aromatic heterocycles. The third kappa shape index (κ3) is 5.05. The fourth-order valence-electron chi connectivity index (χ4n) is 7.85. The van der Waals surface area contributed by atoms with Crippen molar-refractivity contribution in [1.82, 2.24) is 4.98 Å². The van der Waals surface area contributed by atoms with Crippen LogP contribution in [0.15, 0.2) is 65.9 Å². The normalized spacial score (nSPS) is 37.2. The van der Waals surface area contributed by atoms with Crippen molar-refractivity contribution in [3.8, 4) is 0 Å². The van der Waals surface area contributed by atoms with Crippen LogP contribution in [0.3, 0.4) is 0 Å². The molecule has 0 bridgehead atoms. The van der Waals surface area contributed by atoms with Gasteiger partial charge in [-0.15, -0.1) is 0 Å². The third-order valence-electron chi connectivity index (χ3n) is 10.3. The molecule has 4 saturated carbocycles. The molecule has 0 aliphatic heterocycles. The molecule has 4 aliphatic carbocycles. The lowest BCUT2D eigenvalue weighted by Gasteiger charge is -2.44. The summed E-state index contributed by atoms with van der Waals surface area (Å²) in [6.45, 7) is 11.0. The number of aliphatic hydroxyl groups is 3. The summed E-state index contributed by atoms with van der Waals surface area (Å²) in [5.74, 6) is 1.58. The number of pyridine rings is 1. The molecule has 0 spiro atoms. The van der Waals surface area contributed by atoms with Gasteiger partial charge in [-0.05, 0) is 110 Å². The Morgan fingerprint density at radius 2 is 1.92 bits per heavy atom. The van der Waals surface area contributed by atoms with E-state index in [1.54, 1.807) is 0 Å². The van der Waals surface area contributed by atoms with Crippen LogP contribution in [0.25, 0.3) is 0 Å². The van der Waals surface area contributed by atoms with Crippen LogP contribution in [-0.4, -0.2) is 38.6 Å². The van der Waals surface area contributed by atoms with Gasteiger partial charge in [0.15, 0.2) is 0 Å². The lowest BCUT2D eigenvalue weighted by Crippen LogP contribution is -2.35. The minimum atomic E-state index is -0.639. The van der Waals surface area contributed by atoms with Crippen molar-refractivity contribution in [1.29, 1.82) is 0 Å². The maximum Gasteiger partial charge on any atom is 0.0832 e. The van der Waals surface area contributed by atoms with E-state index in [2.05, 4.69) is 62.7 Å². The Morgan fingerprint density at radius 1 is 1.14 bits per heavy atom. The molecule has 1 heterocycles. The zero-order valence-electron chi connectivity index (χ0n) is 22.9. The Morgan fingerprint density at radius 3 is 2.65 bits per heavy atom. The summed E-state index contributed by atoms with van der Waals surface area (Å²) in [7, 11) is 0. The van der Waals surface area contributed by atoms with Gasteiger partial charge in [-0.25, -0.2) is 0 Å². The number of rotatable bonds is 6. The van der Waals surface area contributed by atoms with Gasteiger partial charge in [0.2, 0.25) is 0 Å². The summed E-state index contributed by atoms with van der Waals surface area (Å²) in [5, 5.41) is 31.5. The highest BCUT2D eigenvalue weighted by atomic mass is 16.3. The van der Waals surface area contributed by atoms with Crippen LogP contribution in [0.1, 0.15) is 82.9 Å². The van der Waals surface area contributed by atoms with Gasteiger partial charge in [-0.1, -0.05) is 50.3 Å². The minimum Gasteiger partial charge on any atom is -0.393 e. The molecular weight excluding hydrogens is 458 g/mol. The zero-order valence-corrected chi connectivity index (χ0v) is 22.9. The van der Waals surface area contributed by atoms with Gasteiger partial charge in [0.05, 0.1) is 18.3 Å². The lowest BCUT2D eigenvalue weighted by molar-refractivity contribution is 0.0862. The van der Waals surface area contributed by atoms with Crippen molar-refractivity contribution >= 4 is 0 Å². The predicted molar refractivity (Wildman–Crippen MR) is 149 cm³/mol. The quantitative estimate of drug-likeness (QED) is 0.409. The van der Waals surface area contributed by atoms with Gasteiger partial charge >= 0.3 is 0 Å². The number of fused-ring (bicyclic) bond motifs is 1. The second-order valence-electron chi connectivity index (χ2n) is 12.7. The topological polar surface area (TPSA) is 73.6 Å². The summed E-state index contributed by atoms with van der Waals surface area (Å²) in [4.78, 5) is 4.60. The molecule has 1 aromatic rings. The molecule has 37 heavy (non-hydrogen) atoms. The number of allylic oxidation sites excluding steroid dienone is 4. The van der Waals surface area contributed by atoms with Crippen molar-refractivity contribution < 1.29 is 15.3 Å². The van der Waals surface area contributed by atoms with Crippen molar-refractivity contribution in [3.05, 3.63) is 77.2 Å². The first-order valence-corrected chi connectivity index (χ1v) is 14.4. The fourth-order valence-corrected chi connectivity index (χ4v) is 7.85. The largest absolute Gasteiger partial charge is 0.393 e. The number of nitrogens with zero attached hydrogens (tertiary/aromatic N) is 1. The van der Waals surface area contributed by atoms with Crippen LogP contribution in [-0.2, 0) is 5.41 Å². The van der Waals surface area contributed by atoms with E-state index in [1.807, 2.05) is 12.3 Å². The van der Waals surface area contributed by atoms with E-state index in [9.17, 15) is 15.3 Å². The van der Waals surface area contributed by atoms with Gasteiger partial charge in [0.1, 0.15) is 0 Å². The third-order valence-corrected chi connectivity index (χ3v) is 10.3. The summed E-state index contributed by atoms with van der Waals surface area (Å²) < 4.78 is 0. The van der Waals surface area contributed by atoms with E-state index >= 15 is 0 Å². The minimum absolute atomic E-state index is 0.205. The number of aliphatic hydroxyl groups excluding tert-OH is 3. The number of aromatic nitrogens is 1. The van der Waals surface area contributed by atoms with Crippen LogP contribution in [0.2, 0.25) is 0 Å². The SMILES string of the molecule is C=C1/C(=C\C=C2/CCC[C@]3(C)[C@@H]([C@H](C)/C=C/[C@H](O)C4(c5cc(C)ccn5)CC4)CC[C@@H]23)C[C@@H](O)C[C@@H]1O. The Bertz CT molecular complexity index is 1110. The second-order valence-corrected chi connectivity index (χ2v) is 12.7. The molecule has 0 unspecified atom stereocenters. The first kappa shape index (κ1) is 26.6. The molecule has 200 valence electrons. The maximum atomic E-state index is 11.2. The highest BCUT2D eigenvalue weighted by Crippen LogP contribution is 2.59. The summed E-state index contributed by atoms with van der Waals surface area (Å²) in [6, 6.07) is 4.15. The summed E-state index contributed by atoms with van der Waals surface area (Å²) in [6.07, 6.45) is 18.0. The van der Waals surface area contributed by atoms with Crippen molar-refractivity contribution in [2.75, 3.05) is 0 Å². The zero-order chi connectivity index (χ0) is 26.4. The van der Waals surface area contributed by atoms with E-state index in [-0.39, 0.29) is 10.8 Å². The molecule has 0 saturated heterocycles. The Balaban J connectivity index is 1.29. The molecule has 0 aromatic carbocycles. The number of hydrogen-bond donors (Lipinski definition) is 3. The van der Waals surface area contributed by atoms with Crippen molar-refractivity contribution in [2.24, 2.45) is 23.2 Å². The molecule has 0 radical (unpaired) electrons. The average Bonchev–Trinajstić information content (AvgIpc) is 3.60. The molecule has 4 aliphatic rings. The summed E-state index contributed by atoms with van der Waals surface area (Å²) in [5.41, 5.74) is 5.55. The van der Waals surface area contributed by atoms with E-state index in [4.69, 9.17) is 0 Å². The molecule has 4 nitrogen and oxygen atoms in total. The number of hydrogen-bond acceptors (Lipinski definition) is 4. The Hall–Kier alpha value is -2.01. The van der Waals surface area contributed by atoms with Gasteiger partial charge < -0.3 is 15.3 Å². The maximum absolute atomic E-state index is 11.2. The molecule has 0 amide bonds. The smallest absolute Gasteiger partial charge is 0.0832 e. The molecule has 5 rings (SSSR count). The fraction of sp³-hybridized carbons (Fsp3) is 0.606. The standard InChI is InChI=1S/C33H45NO3/c1-21-13-17-34-30(18-21)33(15-16-33)31(37)12-7-22(2)27-10-11-28-24(6-5-14-32(27,28)4)8-9-25-19-26(35)20-29(36)23(25)3/h7-9,12-13,17-18,22,26-29,31,35-37H,3,5-6,10-11,14-16,19-20H2,1-2,4H3/b12-7+,24-8+,25-9-/t22-,26-,27-,28+,29+,31+,32-/m1/s1. The second kappa shape index (κ2) is 10.3. The van der Waals surface area contributed by atoms with Gasteiger partial charge in [-0.2, -0.15) is 0 Å². The molecule has 7 atom stereocenters. The highest BCUT2D eigenvalue weighted by Gasteiger charge is 2.52. The molecule has 4 heteroatoms. The van der Waals surface area contributed by atoms with Crippen LogP contribution in [0, 0.1) is 30.1 Å². The van der Waals surface area contributed by atoms with Crippen LogP contribution in [0.4, 0.5) is 0 Å². The monoisotopic (exact) mass is 503 g/mol. The van der Waals surface area contributed by atoms with E-state index in [0.717, 1.165) is 36.1 Å². The summed E-state index contributed by atoms with van der Waals surface area (Å²) >= 11 is 0. The van der Waals surface area contributed by atoms with Crippen LogP contribution < -0.4 is 0 Å². The van der Waals surface area contributed by atoms with Gasteiger partial charge in [-0.3, -0.25) is 4.98 Å². The number of aryl methyl sites for hydroxylation is 1. The van der Waals surface area contributed by atoms with E-state index < -0.39 is 18.3 Å². The van der Waals surface area contributed by atoms with Crippen molar-refractivity contribution in [2.45, 2.75) is 102 Å². The van der Waals surface area contributed by atoms with Crippen LogP contribution >= 0.6 is 0 Å². The predicted octanol–water partition coefficient (Wildman–Crippen LogP) is 6.12. The van der Waals surface area contributed by atoms with Gasteiger partial charge in [0.25, 0.3) is 0 Å². The van der Waals surface area contributed by atoms with E-state index in [1.165, 1.54) is 36.8 Å². The van der Waals surface area contributed by atoms with Crippen molar-refractivity contribution in [3.63, 3.8) is 0 Å². The first-order chi connectivity index (χ1) is 17.6. The van der Waals surface area contributed by atoms with Gasteiger partial charge in [0, 0.05) is 23.7 Å². The first-order valence-electron chi connectivity index (χ1n) is 14.4. The van der Waals surface area contributed by atoms with E-state index in [0.29, 0.717) is 30.6 Å². The Labute approximate surface area is 222 Å². The Kier molecular flexibility index (Phi) is 7.39. The molecule has 4 fully saturated rings. The molecule has 3 N–H and O–H groups in total. The molecular formula is C33H45NO3. The average molecular weight is 504 g/mol. The highest BCUT2D eigenvalue weighted by molar-refractivity contribution is 5.39. The van der Waals surface area contributed by atoms with Crippen LogP contribution in [0.5, 0.6) is 0 Å².